The zero-order valence-corrected chi connectivity index (χ0v) is 18.7. The van der Waals surface area contributed by atoms with E-state index < -0.39 is 0 Å². The molecule has 0 aromatic heterocycles. The van der Waals surface area contributed by atoms with Gasteiger partial charge < -0.3 is 9.80 Å². The zero-order chi connectivity index (χ0) is 21.8. The van der Waals surface area contributed by atoms with Crippen LogP contribution in [0.15, 0.2) is 54.6 Å². The highest BCUT2D eigenvalue weighted by molar-refractivity contribution is 5.94. The summed E-state index contributed by atoms with van der Waals surface area (Å²) in [6.45, 7) is 8.58. The predicted molar refractivity (Wildman–Crippen MR) is 123 cm³/mol. The lowest BCUT2D eigenvalue weighted by molar-refractivity contribution is -0.138. The van der Waals surface area contributed by atoms with Gasteiger partial charge in [-0.2, -0.15) is 0 Å². The molecule has 2 aliphatic rings. The van der Waals surface area contributed by atoms with Gasteiger partial charge in [0.2, 0.25) is 5.91 Å². The van der Waals surface area contributed by atoms with Crippen molar-refractivity contribution in [1.29, 1.82) is 0 Å². The van der Waals surface area contributed by atoms with Gasteiger partial charge in [0.25, 0.3) is 5.91 Å². The van der Waals surface area contributed by atoms with Gasteiger partial charge in [-0.25, -0.2) is 0 Å². The van der Waals surface area contributed by atoms with Crippen molar-refractivity contribution in [3.63, 3.8) is 0 Å². The lowest BCUT2D eigenvalue weighted by Crippen LogP contribution is -2.53. The van der Waals surface area contributed by atoms with Crippen LogP contribution in [0.3, 0.4) is 0 Å². The topological polar surface area (TPSA) is 43.9 Å². The summed E-state index contributed by atoms with van der Waals surface area (Å²) < 4.78 is 0. The van der Waals surface area contributed by atoms with E-state index in [0.29, 0.717) is 32.1 Å². The quantitative estimate of drug-likeness (QED) is 0.738. The van der Waals surface area contributed by atoms with Gasteiger partial charge in [0.05, 0.1) is 0 Å². The van der Waals surface area contributed by atoms with Crippen molar-refractivity contribution in [1.82, 2.24) is 14.7 Å². The van der Waals surface area contributed by atoms with Gasteiger partial charge in [0, 0.05) is 31.7 Å². The van der Waals surface area contributed by atoms with Crippen LogP contribution < -0.4 is 0 Å². The third-order valence-corrected chi connectivity index (χ3v) is 6.56. The van der Waals surface area contributed by atoms with Crippen LogP contribution in [-0.4, -0.2) is 65.8 Å². The van der Waals surface area contributed by atoms with E-state index in [2.05, 4.69) is 30.9 Å². The van der Waals surface area contributed by atoms with Crippen molar-refractivity contribution in [2.24, 2.45) is 0 Å². The summed E-state index contributed by atoms with van der Waals surface area (Å²) in [6.07, 6.45) is 2.29. The smallest absolute Gasteiger partial charge is 0.253 e. The maximum atomic E-state index is 13.5. The van der Waals surface area contributed by atoms with Gasteiger partial charge in [-0.1, -0.05) is 56.3 Å². The van der Waals surface area contributed by atoms with E-state index >= 15 is 0 Å². The summed E-state index contributed by atoms with van der Waals surface area (Å²) in [7, 11) is 0. The molecule has 5 heteroatoms. The van der Waals surface area contributed by atoms with Crippen LogP contribution in [0.25, 0.3) is 0 Å². The van der Waals surface area contributed by atoms with E-state index in [-0.39, 0.29) is 17.9 Å². The predicted octanol–water partition coefficient (Wildman–Crippen LogP) is 3.93. The minimum Gasteiger partial charge on any atom is -0.337 e. The van der Waals surface area contributed by atoms with Crippen LogP contribution in [0.4, 0.5) is 0 Å². The second kappa shape index (κ2) is 9.65. The van der Waals surface area contributed by atoms with Gasteiger partial charge in [0.1, 0.15) is 6.04 Å². The van der Waals surface area contributed by atoms with Crippen molar-refractivity contribution < 1.29 is 9.59 Å². The minimum atomic E-state index is -0.213. The summed E-state index contributed by atoms with van der Waals surface area (Å²) in [5.74, 6) is 0.676. The minimum absolute atomic E-state index is 0.0570. The molecule has 4 rings (SSSR count). The highest BCUT2D eigenvalue weighted by Gasteiger charge is 2.34. The van der Waals surface area contributed by atoms with E-state index in [1.165, 1.54) is 5.56 Å². The van der Waals surface area contributed by atoms with E-state index in [1.54, 1.807) is 0 Å². The molecule has 164 valence electrons. The van der Waals surface area contributed by atoms with Gasteiger partial charge in [0.15, 0.2) is 0 Å². The number of likely N-dealkylation sites (tertiary alicyclic amines) is 1. The van der Waals surface area contributed by atoms with E-state index in [1.807, 2.05) is 52.3 Å². The number of piperazine rings is 1. The maximum Gasteiger partial charge on any atom is 0.253 e. The summed E-state index contributed by atoms with van der Waals surface area (Å²) in [5.41, 5.74) is 3.03. The van der Waals surface area contributed by atoms with Crippen molar-refractivity contribution in [3.8, 4) is 0 Å². The molecule has 2 heterocycles. The first-order valence-corrected chi connectivity index (χ1v) is 11.5. The van der Waals surface area contributed by atoms with Gasteiger partial charge in [-0.3, -0.25) is 14.5 Å². The molecule has 2 aromatic carbocycles. The monoisotopic (exact) mass is 419 g/mol. The molecule has 5 nitrogen and oxygen atoms in total. The Morgan fingerprint density at radius 1 is 0.710 bits per heavy atom. The molecule has 2 amide bonds. The number of hydrogen-bond acceptors (Lipinski definition) is 3. The Bertz CT molecular complexity index is 881. The van der Waals surface area contributed by atoms with Crippen molar-refractivity contribution in [2.75, 3.05) is 39.3 Å². The Morgan fingerprint density at radius 2 is 1.29 bits per heavy atom. The Kier molecular flexibility index (Phi) is 6.71. The maximum absolute atomic E-state index is 13.5. The van der Waals surface area contributed by atoms with E-state index in [0.717, 1.165) is 37.1 Å². The fourth-order valence-corrected chi connectivity index (χ4v) is 4.64. The third kappa shape index (κ3) is 4.82. The molecule has 0 bridgehead atoms. The third-order valence-electron chi connectivity index (χ3n) is 6.56. The number of rotatable bonds is 5. The molecule has 0 spiro atoms. The average Bonchev–Trinajstić information content (AvgIpc) is 3.34. The highest BCUT2D eigenvalue weighted by Crippen LogP contribution is 2.27. The number of carbonyl (C=O) groups excluding carboxylic acids is 2. The number of nitrogens with zero attached hydrogens (tertiary/aromatic N) is 3. The fraction of sp³-hybridized carbons (Fsp3) is 0.462. The molecule has 2 aliphatic heterocycles. The second-order valence-corrected chi connectivity index (χ2v) is 8.95. The molecule has 2 aromatic rings. The van der Waals surface area contributed by atoms with Crippen LogP contribution >= 0.6 is 0 Å². The molecule has 0 saturated carbocycles. The Morgan fingerprint density at radius 3 is 1.87 bits per heavy atom. The number of hydrogen-bond donors (Lipinski definition) is 0. The second-order valence-electron chi connectivity index (χ2n) is 8.95. The lowest BCUT2D eigenvalue weighted by Gasteiger charge is -2.38. The molecule has 31 heavy (non-hydrogen) atoms. The van der Waals surface area contributed by atoms with Crippen molar-refractivity contribution >= 4 is 11.8 Å². The first-order valence-electron chi connectivity index (χ1n) is 11.5. The molecule has 1 atom stereocenters. The van der Waals surface area contributed by atoms with Crippen LogP contribution in [-0.2, 0) is 4.79 Å². The highest BCUT2D eigenvalue weighted by atomic mass is 16.2. The normalized spacial score (nSPS) is 18.4. The number of amides is 2. The first-order chi connectivity index (χ1) is 15.0. The molecule has 0 aliphatic carbocycles. The molecule has 1 unspecified atom stereocenters. The summed E-state index contributed by atoms with van der Waals surface area (Å²) in [6, 6.07) is 17.8. The summed E-state index contributed by atoms with van der Waals surface area (Å²) in [4.78, 5) is 32.6. The van der Waals surface area contributed by atoms with Crippen LogP contribution in [0, 0.1) is 0 Å². The van der Waals surface area contributed by atoms with Gasteiger partial charge in [-0.15, -0.1) is 0 Å². The molecule has 2 saturated heterocycles. The first kappa shape index (κ1) is 21.6. The molecule has 2 fully saturated rings. The Balaban J connectivity index is 1.41. The van der Waals surface area contributed by atoms with Crippen LogP contribution in [0.5, 0.6) is 0 Å². The standard InChI is InChI=1S/C26H33N3O2/c1-20(2)21-10-12-23(13-11-21)25(30)28-16-18-29(19-17-28)26(31)24(27-14-6-7-15-27)22-8-4-3-5-9-22/h3-5,8-13,20,24H,6-7,14-19H2,1-2H3. The fourth-order valence-electron chi connectivity index (χ4n) is 4.64. The van der Waals surface area contributed by atoms with Gasteiger partial charge in [-0.05, 0) is 55.1 Å². The Labute approximate surface area is 185 Å². The molecular formula is C26H33N3O2. The van der Waals surface area contributed by atoms with Crippen LogP contribution in [0.1, 0.15) is 60.1 Å². The largest absolute Gasteiger partial charge is 0.337 e. The van der Waals surface area contributed by atoms with E-state index in [9.17, 15) is 9.59 Å². The molecular weight excluding hydrogens is 386 g/mol. The van der Waals surface area contributed by atoms with Crippen LogP contribution in [0.2, 0.25) is 0 Å². The molecule has 0 radical (unpaired) electrons. The number of benzene rings is 2. The van der Waals surface area contributed by atoms with Crippen molar-refractivity contribution in [2.45, 2.75) is 38.6 Å². The summed E-state index contributed by atoms with van der Waals surface area (Å²) >= 11 is 0. The van der Waals surface area contributed by atoms with Crippen molar-refractivity contribution in [3.05, 3.63) is 71.3 Å². The average molecular weight is 420 g/mol. The van der Waals surface area contributed by atoms with Gasteiger partial charge >= 0.3 is 0 Å². The van der Waals surface area contributed by atoms with E-state index in [4.69, 9.17) is 0 Å². The Hall–Kier alpha value is -2.66. The summed E-state index contributed by atoms with van der Waals surface area (Å²) in [5, 5.41) is 0. The number of carbonyl (C=O) groups is 2. The molecule has 0 N–H and O–H groups in total. The zero-order valence-electron chi connectivity index (χ0n) is 18.7. The SMILES string of the molecule is CC(C)c1ccc(C(=O)N2CCN(C(=O)C(c3ccccc3)N3CCCC3)CC2)cc1. The lowest BCUT2D eigenvalue weighted by atomic mass is 10.0.